The van der Waals surface area contributed by atoms with Crippen molar-refractivity contribution in [3.63, 3.8) is 0 Å². The van der Waals surface area contributed by atoms with Crippen LogP contribution in [0.2, 0.25) is 0 Å². The van der Waals surface area contributed by atoms with Crippen LogP contribution >= 0.6 is 0 Å². The Kier molecular flexibility index (Phi) is 21.9. The number of esters is 4. The highest BCUT2D eigenvalue weighted by molar-refractivity contribution is 5.72. The molecule has 24 nitrogen and oxygen atoms in total. The number of hydrogen-bond acceptors (Lipinski definition) is 24. The van der Waals surface area contributed by atoms with Gasteiger partial charge in [-0.05, 0) is 212 Å². The number of nitrogens with zero attached hydrogens (tertiary/aromatic N) is 4. The van der Waals surface area contributed by atoms with Crippen LogP contribution in [0.15, 0.2) is 73.8 Å². The summed E-state index contributed by atoms with van der Waals surface area (Å²) in [4.78, 5) is 65.5. The third kappa shape index (κ3) is 17.7. The molecule has 8 aliphatic rings. The van der Waals surface area contributed by atoms with Crippen LogP contribution in [0.5, 0.6) is 0 Å². The molecule has 4 aliphatic heterocycles. The second kappa shape index (κ2) is 28.2. The lowest BCUT2D eigenvalue weighted by Gasteiger charge is -2.47. The topological polar surface area (TPSA) is 379 Å². The standard InChI is InChI=1S/4C19H28N2O4/c4*1-17(2,3)25-16(22)10-12-9-15(13-5-8-21-11-14(13)20)24-19(6-7-19)18(12,4)23/h4*5,8,11-12,15,23H,6-7,9-10,20H2,1-4H3/t2*12-,15+,18-;2*12-,15-,18+/m1010/s1. The average molecular weight is 1390 g/mol. The third-order valence-electron chi connectivity index (χ3n) is 21.4. The molecule has 4 aromatic heterocycles. The quantitative estimate of drug-likeness (QED) is 0.0482. The van der Waals surface area contributed by atoms with E-state index >= 15 is 0 Å². The molecule has 4 spiro atoms. The number of hydrogen-bond donors (Lipinski definition) is 8. The van der Waals surface area contributed by atoms with Gasteiger partial charge in [-0.15, -0.1) is 0 Å². The summed E-state index contributed by atoms with van der Waals surface area (Å²) in [5, 5.41) is 44.5. The molecule has 552 valence electrons. The number of rotatable bonds is 12. The highest BCUT2D eigenvalue weighted by Gasteiger charge is 2.68. The van der Waals surface area contributed by atoms with Gasteiger partial charge < -0.3 is 81.3 Å². The van der Waals surface area contributed by atoms with Gasteiger partial charge in [0.2, 0.25) is 0 Å². The highest BCUT2D eigenvalue weighted by Crippen LogP contribution is 2.64. The zero-order valence-electron chi connectivity index (χ0n) is 61.6. The van der Waals surface area contributed by atoms with Gasteiger partial charge in [0.25, 0.3) is 0 Å². The summed E-state index contributed by atoms with van der Waals surface area (Å²) < 4.78 is 46.9. The number of ether oxygens (including phenoxy) is 8. The minimum Gasteiger partial charge on any atom is -0.460 e. The fourth-order valence-corrected chi connectivity index (χ4v) is 15.2. The molecule has 8 heterocycles. The SMILES string of the molecule is CC(C)(C)OC(=O)C[C@@H]1C[C@@H](c2ccncc2N)OC2(CC2)[C@]1(C)O.CC(C)(C)OC(=O)C[C@@H]1C[C@H](c2ccncc2N)OC2(CC2)[C@@]1(C)O.CC(C)(C)OC(=O)C[C@H]1C[C@@H](c2ccncc2N)OC2(CC2)[C@]1(C)O.CC(C)(C)OC(=O)C[C@H]1C[C@H](c2ccncc2N)OC2(CC2)[C@@]1(C)O. The largest absolute Gasteiger partial charge is 0.460 e. The Balaban J connectivity index is 0.000000156. The molecule has 12 rings (SSSR count). The van der Waals surface area contributed by atoms with Crippen molar-refractivity contribution in [1.82, 2.24) is 19.9 Å². The molecule has 12 N–H and O–H groups in total. The van der Waals surface area contributed by atoms with E-state index in [-0.39, 0.29) is 97.6 Å². The fourth-order valence-electron chi connectivity index (χ4n) is 15.2. The summed E-state index contributed by atoms with van der Waals surface area (Å²) in [5.74, 6) is -2.19. The van der Waals surface area contributed by atoms with Crippen molar-refractivity contribution in [2.45, 2.75) is 305 Å². The molecule has 4 saturated carbocycles. The van der Waals surface area contributed by atoms with Crippen LogP contribution in [0, 0.1) is 23.7 Å². The van der Waals surface area contributed by atoms with Crippen molar-refractivity contribution in [3.8, 4) is 0 Å². The van der Waals surface area contributed by atoms with Crippen molar-refractivity contribution in [2.75, 3.05) is 22.9 Å². The van der Waals surface area contributed by atoms with Crippen LogP contribution in [-0.2, 0) is 57.1 Å². The third-order valence-corrected chi connectivity index (χ3v) is 21.4. The van der Waals surface area contributed by atoms with Crippen LogP contribution in [0.3, 0.4) is 0 Å². The smallest absolute Gasteiger partial charge is 0.306 e. The van der Waals surface area contributed by atoms with Crippen LogP contribution < -0.4 is 22.9 Å². The Morgan fingerprint density at radius 1 is 0.370 bits per heavy atom. The normalized spacial score (nSPS) is 30.9. The second-order valence-corrected chi connectivity index (χ2v) is 33.9. The van der Waals surface area contributed by atoms with Gasteiger partial charge in [0.05, 0.1) is 142 Å². The van der Waals surface area contributed by atoms with Gasteiger partial charge in [-0.25, -0.2) is 0 Å². The predicted molar refractivity (Wildman–Crippen MR) is 375 cm³/mol. The number of nitrogens with two attached hydrogens (primary N) is 4. The molecule has 4 aromatic rings. The van der Waals surface area contributed by atoms with E-state index in [9.17, 15) is 39.6 Å². The summed E-state index contributed by atoms with van der Waals surface area (Å²) in [5.41, 5.74) is 21.2. The minimum atomic E-state index is -1.07. The summed E-state index contributed by atoms with van der Waals surface area (Å²) >= 11 is 0. The Bertz CT molecular complexity index is 3110. The first-order valence-corrected chi connectivity index (χ1v) is 35.4. The van der Waals surface area contributed by atoms with E-state index < -0.39 is 67.2 Å². The number of carbonyl (C=O) groups excluding carboxylic acids is 4. The second-order valence-electron chi connectivity index (χ2n) is 33.9. The fraction of sp³-hybridized carbons (Fsp3) is 0.684. The van der Waals surface area contributed by atoms with Gasteiger partial charge in [0, 0.05) is 70.7 Å². The molecule has 0 bridgehead atoms. The maximum absolute atomic E-state index is 12.3. The molecule has 8 fully saturated rings. The number of pyridine rings is 4. The summed E-state index contributed by atoms with van der Waals surface area (Å²) in [7, 11) is 0. The maximum atomic E-state index is 12.3. The molecule has 0 aromatic carbocycles. The Morgan fingerprint density at radius 2 is 0.540 bits per heavy atom. The first-order chi connectivity index (χ1) is 46.2. The van der Waals surface area contributed by atoms with Crippen LogP contribution in [-0.4, -0.2) is 131 Å². The van der Waals surface area contributed by atoms with Gasteiger partial charge in [-0.1, -0.05) is 0 Å². The highest BCUT2D eigenvalue weighted by atomic mass is 16.6. The summed E-state index contributed by atoms with van der Waals surface area (Å²) in [6, 6.07) is 7.39. The monoisotopic (exact) mass is 1390 g/mol. The molecule has 4 aliphatic carbocycles. The molecule has 0 unspecified atom stereocenters. The predicted octanol–water partition coefficient (Wildman–Crippen LogP) is 11.0. The van der Waals surface area contributed by atoms with Crippen molar-refractivity contribution in [1.29, 1.82) is 0 Å². The van der Waals surface area contributed by atoms with Crippen LogP contribution in [0.25, 0.3) is 0 Å². The van der Waals surface area contributed by atoms with Crippen molar-refractivity contribution in [2.24, 2.45) is 23.7 Å². The summed E-state index contributed by atoms with van der Waals surface area (Å²) in [6.07, 6.45) is 21.1. The molecular weight excluding hydrogens is 1280 g/mol. The van der Waals surface area contributed by atoms with E-state index in [0.29, 0.717) is 48.4 Å². The number of aromatic nitrogens is 4. The van der Waals surface area contributed by atoms with Crippen molar-refractivity contribution >= 4 is 46.6 Å². The molecule has 0 amide bonds. The van der Waals surface area contributed by atoms with Crippen molar-refractivity contribution < 1.29 is 77.5 Å². The van der Waals surface area contributed by atoms with Gasteiger partial charge in [0.15, 0.2) is 0 Å². The van der Waals surface area contributed by atoms with E-state index in [4.69, 9.17) is 60.8 Å². The van der Waals surface area contributed by atoms with E-state index in [1.165, 1.54) is 0 Å². The summed E-state index contributed by atoms with van der Waals surface area (Å²) in [6.45, 7) is 29.2. The molecule has 0 radical (unpaired) electrons. The van der Waals surface area contributed by atoms with Crippen LogP contribution in [0.1, 0.15) is 260 Å². The van der Waals surface area contributed by atoms with Gasteiger partial charge in [-0.2, -0.15) is 0 Å². The minimum absolute atomic E-state index is 0.164. The molecule has 4 saturated heterocycles. The van der Waals surface area contributed by atoms with Gasteiger partial charge in [0.1, 0.15) is 22.4 Å². The number of nitrogen functional groups attached to an aromatic ring is 4. The van der Waals surface area contributed by atoms with Gasteiger partial charge >= 0.3 is 23.9 Å². The zero-order chi connectivity index (χ0) is 73.8. The first-order valence-electron chi connectivity index (χ1n) is 35.4. The van der Waals surface area contributed by atoms with E-state index in [1.54, 1.807) is 77.3 Å². The molecule has 12 atom stereocenters. The molecule has 24 heteroatoms. The van der Waals surface area contributed by atoms with Crippen molar-refractivity contribution in [3.05, 3.63) is 96.1 Å². The van der Waals surface area contributed by atoms with E-state index in [1.807, 2.05) is 107 Å². The molecular formula is C76H112N8O16. The lowest BCUT2D eigenvalue weighted by Crippen LogP contribution is -2.55. The first kappa shape index (κ1) is 77.5. The average Bonchev–Trinajstić information content (AvgIpc) is 1.58. The van der Waals surface area contributed by atoms with E-state index in [0.717, 1.165) is 73.6 Å². The Hall–Kier alpha value is -6.64. The zero-order valence-corrected chi connectivity index (χ0v) is 61.6. The number of carbonyl (C=O) groups is 4. The van der Waals surface area contributed by atoms with Gasteiger partial charge in [-0.3, -0.25) is 39.1 Å². The lowest BCUT2D eigenvalue weighted by atomic mass is 9.73. The molecule has 100 heavy (non-hydrogen) atoms. The maximum Gasteiger partial charge on any atom is 0.306 e. The Labute approximate surface area is 589 Å². The number of aliphatic hydroxyl groups is 4. The Morgan fingerprint density at radius 3 is 0.680 bits per heavy atom. The van der Waals surface area contributed by atoms with Crippen LogP contribution in [0.4, 0.5) is 22.7 Å². The number of anilines is 4. The van der Waals surface area contributed by atoms with E-state index in [2.05, 4.69) is 19.9 Å². The lowest BCUT2D eigenvalue weighted by molar-refractivity contribution is -0.220.